The molecule has 0 N–H and O–H groups in total. The lowest BCUT2D eigenvalue weighted by Crippen LogP contribution is -2.45. The van der Waals surface area contributed by atoms with Crippen LogP contribution < -0.4 is 4.90 Å². The van der Waals surface area contributed by atoms with Crippen molar-refractivity contribution in [1.29, 1.82) is 0 Å². The van der Waals surface area contributed by atoms with Gasteiger partial charge in [-0.15, -0.1) is 0 Å². The van der Waals surface area contributed by atoms with E-state index in [9.17, 15) is 0 Å². The van der Waals surface area contributed by atoms with Crippen LogP contribution in [0, 0.1) is 0 Å². The van der Waals surface area contributed by atoms with Gasteiger partial charge in [0.15, 0.2) is 0 Å². The van der Waals surface area contributed by atoms with E-state index in [2.05, 4.69) is 68.9 Å². The van der Waals surface area contributed by atoms with Crippen LogP contribution in [0.4, 0.5) is 5.69 Å². The summed E-state index contributed by atoms with van der Waals surface area (Å²) in [6, 6.07) is 25.0. The molecule has 4 nitrogen and oxygen atoms in total. The quantitative estimate of drug-likeness (QED) is 0.481. The normalized spacial score (nSPS) is 15.1. The highest BCUT2D eigenvalue weighted by molar-refractivity contribution is 6.30. The van der Waals surface area contributed by atoms with E-state index in [4.69, 9.17) is 16.7 Å². The van der Waals surface area contributed by atoms with Gasteiger partial charge in [0, 0.05) is 54.6 Å². The van der Waals surface area contributed by atoms with E-state index in [0.29, 0.717) is 0 Å². The predicted octanol–water partition coefficient (Wildman–Crippen LogP) is 4.98. The number of pyridine rings is 1. The van der Waals surface area contributed by atoms with Crippen molar-refractivity contribution in [3.05, 3.63) is 89.6 Å². The Morgan fingerprint density at radius 3 is 2.31 bits per heavy atom. The van der Waals surface area contributed by atoms with E-state index in [1.165, 1.54) is 22.3 Å². The molecule has 146 valence electrons. The van der Waals surface area contributed by atoms with Crippen LogP contribution in [0.25, 0.3) is 16.8 Å². The van der Waals surface area contributed by atoms with Crippen molar-refractivity contribution in [2.75, 3.05) is 31.1 Å². The Kier molecular flexibility index (Phi) is 4.96. The first-order valence-corrected chi connectivity index (χ1v) is 10.4. The van der Waals surface area contributed by atoms with Gasteiger partial charge in [-0.25, -0.2) is 4.52 Å². The van der Waals surface area contributed by atoms with E-state index in [0.717, 1.165) is 43.4 Å². The van der Waals surface area contributed by atoms with E-state index < -0.39 is 0 Å². The van der Waals surface area contributed by atoms with Crippen molar-refractivity contribution < 1.29 is 0 Å². The van der Waals surface area contributed by atoms with Crippen LogP contribution in [-0.4, -0.2) is 40.7 Å². The van der Waals surface area contributed by atoms with Crippen LogP contribution >= 0.6 is 11.6 Å². The number of rotatable bonds is 4. The van der Waals surface area contributed by atoms with Gasteiger partial charge in [0.1, 0.15) is 0 Å². The number of hydrogen-bond donors (Lipinski definition) is 0. The Labute approximate surface area is 175 Å². The zero-order valence-corrected chi connectivity index (χ0v) is 17.0. The van der Waals surface area contributed by atoms with E-state index in [1.54, 1.807) is 0 Å². The number of anilines is 1. The van der Waals surface area contributed by atoms with Crippen LogP contribution in [0.3, 0.4) is 0 Å². The summed E-state index contributed by atoms with van der Waals surface area (Å²) in [5.41, 5.74) is 6.03. The second-order valence-electron chi connectivity index (χ2n) is 7.48. The third-order valence-corrected chi connectivity index (χ3v) is 5.90. The molecule has 5 heteroatoms. The van der Waals surface area contributed by atoms with Gasteiger partial charge in [-0.05, 0) is 36.4 Å². The number of aromatic nitrogens is 2. The van der Waals surface area contributed by atoms with E-state index in [-0.39, 0.29) is 0 Å². The summed E-state index contributed by atoms with van der Waals surface area (Å²) in [5, 5.41) is 5.49. The van der Waals surface area contributed by atoms with Gasteiger partial charge in [-0.3, -0.25) is 4.90 Å². The smallest absolute Gasteiger partial charge is 0.0725 e. The topological polar surface area (TPSA) is 23.8 Å². The maximum atomic E-state index is 6.02. The zero-order chi connectivity index (χ0) is 19.6. The fourth-order valence-electron chi connectivity index (χ4n) is 4.07. The maximum Gasteiger partial charge on any atom is 0.0725 e. The van der Waals surface area contributed by atoms with Crippen LogP contribution in [-0.2, 0) is 6.54 Å². The van der Waals surface area contributed by atoms with Crippen molar-refractivity contribution in [1.82, 2.24) is 14.5 Å². The first-order chi connectivity index (χ1) is 14.3. The average Bonchev–Trinajstić information content (AvgIpc) is 3.18. The second kappa shape index (κ2) is 7.90. The van der Waals surface area contributed by atoms with E-state index in [1.807, 2.05) is 24.4 Å². The fraction of sp³-hybridized carbons (Fsp3) is 0.208. The Balaban J connectivity index is 1.31. The van der Waals surface area contributed by atoms with Gasteiger partial charge in [0.25, 0.3) is 0 Å². The SMILES string of the molecule is Clc1ccc(N2CCN(Cc3cnn4c(-c5ccccc5)cccc34)CC2)cc1. The molecule has 1 saturated heterocycles. The fourth-order valence-corrected chi connectivity index (χ4v) is 4.19. The monoisotopic (exact) mass is 402 g/mol. The van der Waals surface area contributed by atoms with Crippen molar-refractivity contribution in [3.8, 4) is 11.3 Å². The third kappa shape index (κ3) is 3.74. The molecule has 1 aliphatic rings. The lowest BCUT2D eigenvalue weighted by Gasteiger charge is -2.36. The summed E-state index contributed by atoms with van der Waals surface area (Å²) in [6.07, 6.45) is 2.02. The predicted molar refractivity (Wildman–Crippen MR) is 120 cm³/mol. The Morgan fingerprint density at radius 2 is 1.55 bits per heavy atom. The van der Waals surface area contributed by atoms with Gasteiger partial charge in [0.2, 0.25) is 0 Å². The molecule has 0 bridgehead atoms. The molecule has 0 aliphatic carbocycles. The van der Waals surface area contributed by atoms with Crippen LogP contribution in [0.1, 0.15) is 5.56 Å². The summed E-state index contributed by atoms with van der Waals surface area (Å²) < 4.78 is 2.06. The lowest BCUT2D eigenvalue weighted by atomic mass is 10.1. The highest BCUT2D eigenvalue weighted by Crippen LogP contribution is 2.24. The Bertz CT molecular complexity index is 1100. The molecule has 0 unspecified atom stereocenters. The summed E-state index contributed by atoms with van der Waals surface area (Å²) in [6.45, 7) is 5.05. The van der Waals surface area contributed by atoms with Crippen LogP contribution in [0.5, 0.6) is 0 Å². The van der Waals surface area contributed by atoms with Crippen molar-refractivity contribution in [2.24, 2.45) is 0 Å². The number of nitrogens with zero attached hydrogens (tertiary/aromatic N) is 4. The molecule has 2 aromatic carbocycles. The first-order valence-electron chi connectivity index (χ1n) is 10.0. The number of fused-ring (bicyclic) bond motifs is 1. The van der Waals surface area contributed by atoms with Crippen LogP contribution in [0.15, 0.2) is 79.0 Å². The zero-order valence-electron chi connectivity index (χ0n) is 16.2. The molecule has 29 heavy (non-hydrogen) atoms. The molecule has 2 aromatic heterocycles. The summed E-state index contributed by atoms with van der Waals surface area (Å²) >= 11 is 6.02. The van der Waals surface area contributed by atoms with E-state index >= 15 is 0 Å². The molecule has 0 amide bonds. The summed E-state index contributed by atoms with van der Waals surface area (Å²) in [7, 11) is 0. The highest BCUT2D eigenvalue weighted by atomic mass is 35.5. The van der Waals surface area contributed by atoms with Crippen molar-refractivity contribution in [3.63, 3.8) is 0 Å². The van der Waals surface area contributed by atoms with Gasteiger partial charge in [0.05, 0.1) is 17.4 Å². The largest absolute Gasteiger partial charge is 0.369 e. The molecule has 0 saturated carbocycles. The number of hydrogen-bond acceptors (Lipinski definition) is 3. The van der Waals surface area contributed by atoms with Gasteiger partial charge < -0.3 is 4.90 Å². The first kappa shape index (κ1) is 18.2. The number of benzene rings is 2. The molecule has 3 heterocycles. The number of piperazine rings is 1. The Morgan fingerprint density at radius 1 is 0.793 bits per heavy atom. The number of halogens is 1. The Hall–Kier alpha value is -2.82. The van der Waals surface area contributed by atoms with Crippen molar-refractivity contribution >= 4 is 22.8 Å². The van der Waals surface area contributed by atoms with Gasteiger partial charge in [-0.2, -0.15) is 5.10 Å². The average molecular weight is 403 g/mol. The minimum atomic E-state index is 0.787. The van der Waals surface area contributed by atoms with Crippen molar-refractivity contribution in [2.45, 2.75) is 6.54 Å². The summed E-state index contributed by atoms with van der Waals surface area (Å²) in [5.74, 6) is 0. The third-order valence-electron chi connectivity index (χ3n) is 5.65. The molecule has 0 radical (unpaired) electrons. The molecule has 1 fully saturated rings. The van der Waals surface area contributed by atoms with Crippen LogP contribution in [0.2, 0.25) is 5.02 Å². The molecule has 5 rings (SSSR count). The maximum absolute atomic E-state index is 6.02. The minimum absolute atomic E-state index is 0.787. The standard InChI is InChI=1S/C24H23ClN4/c25-21-9-11-22(12-10-21)28-15-13-27(14-16-28)18-20-17-26-29-23(7-4-8-24(20)29)19-5-2-1-3-6-19/h1-12,17H,13-16,18H2. The molecule has 1 aliphatic heterocycles. The lowest BCUT2D eigenvalue weighted by molar-refractivity contribution is 0.250. The second-order valence-corrected chi connectivity index (χ2v) is 7.92. The van der Waals surface area contributed by atoms with Gasteiger partial charge in [-0.1, -0.05) is 48.0 Å². The highest BCUT2D eigenvalue weighted by Gasteiger charge is 2.19. The molecular formula is C24H23ClN4. The van der Waals surface area contributed by atoms with Gasteiger partial charge >= 0.3 is 0 Å². The molecule has 0 spiro atoms. The summed E-state index contributed by atoms with van der Waals surface area (Å²) in [4.78, 5) is 4.94. The minimum Gasteiger partial charge on any atom is -0.369 e. The molecule has 4 aromatic rings. The molecule has 0 atom stereocenters. The molecular weight excluding hydrogens is 380 g/mol.